The van der Waals surface area contributed by atoms with Gasteiger partial charge >= 0.3 is 0 Å². The van der Waals surface area contributed by atoms with E-state index in [0.717, 1.165) is 5.69 Å². The van der Waals surface area contributed by atoms with E-state index in [4.69, 9.17) is 0 Å². The second-order valence-corrected chi connectivity index (χ2v) is 3.70. The fourth-order valence-corrected chi connectivity index (χ4v) is 1.90. The average molecular weight is 231 g/mol. The van der Waals surface area contributed by atoms with Crippen molar-refractivity contribution >= 4 is 12.1 Å². The van der Waals surface area contributed by atoms with E-state index in [1.807, 2.05) is 30.3 Å². The molecule has 1 N–H and O–H groups in total. The molecule has 0 aliphatic rings. The Hall–Kier alpha value is -2.30. The van der Waals surface area contributed by atoms with Gasteiger partial charge in [0.1, 0.15) is 5.69 Å². The van der Waals surface area contributed by atoms with Gasteiger partial charge in [-0.25, -0.2) is 4.68 Å². The summed E-state index contributed by atoms with van der Waals surface area (Å²) in [6.07, 6.45) is 0.513. The molecule has 0 bridgehead atoms. The molecule has 0 aliphatic carbocycles. The largest absolute Gasteiger partial charge is 0.323 e. The van der Waals surface area contributed by atoms with E-state index in [0.29, 0.717) is 17.8 Å². The first-order valence-corrected chi connectivity index (χ1v) is 5.21. The van der Waals surface area contributed by atoms with Crippen LogP contribution in [-0.2, 0) is 11.8 Å². The van der Waals surface area contributed by atoms with Crippen LogP contribution in [0.1, 0.15) is 5.69 Å². The summed E-state index contributed by atoms with van der Waals surface area (Å²) in [6, 6.07) is 9.50. The summed E-state index contributed by atoms with van der Waals surface area (Å²) >= 11 is 0. The third-order valence-corrected chi connectivity index (χ3v) is 2.69. The molecular weight excluding hydrogens is 218 g/mol. The highest BCUT2D eigenvalue weighted by Gasteiger charge is 2.14. The average Bonchev–Trinajstić information content (AvgIpc) is 2.55. The first kappa shape index (κ1) is 11.2. The van der Waals surface area contributed by atoms with E-state index in [-0.39, 0.29) is 5.56 Å². The normalized spacial score (nSPS) is 10.2. The van der Waals surface area contributed by atoms with E-state index in [9.17, 15) is 9.59 Å². The van der Waals surface area contributed by atoms with Gasteiger partial charge in [0.15, 0.2) is 0 Å². The molecule has 0 radical (unpaired) electrons. The fourth-order valence-electron chi connectivity index (χ4n) is 1.90. The highest BCUT2D eigenvalue weighted by atomic mass is 16.1. The number of anilines is 1. The van der Waals surface area contributed by atoms with Crippen LogP contribution in [0.3, 0.4) is 0 Å². The van der Waals surface area contributed by atoms with E-state index >= 15 is 0 Å². The molecule has 0 fully saturated rings. The van der Waals surface area contributed by atoms with Crippen molar-refractivity contribution in [2.24, 2.45) is 7.05 Å². The molecule has 5 heteroatoms. The summed E-state index contributed by atoms with van der Waals surface area (Å²) in [4.78, 5) is 22.4. The van der Waals surface area contributed by atoms with Crippen molar-refractivity contribution in [3.63, 3.8) is 0 Å². The fraction of sp³-hybridized carbons (Fsp3) is 0.167. The van der Waals surface area contributed by atoms with Gasteiger partial charge in [-0.1, -0.05) is 18.2 Å². The molecule has 2 rings (SSSR count). The monoisotopic (exact) mass is 231 g/mol. The number of aromatic nitrogens is 2. The van der Waals surface area contributed by atoms with Gasteiger partial charge in [-0.05, 0) is 19.1 Å². The molecule has 1 aromatic carbocycles. The van der Waals surface area contributed by atoms with E-state index < -0.39 is 0 Å². The lowest BCUT2D eigenvalue weighted by atomic mass is 10.3. The lowest BCUT2D eigenvalue weighted by Crippen LogP contribution is -2.19. The smallest absolute Gasteiger partial charge is 0.290 e. The Kier molecular flexibility index (Phi) is 2.82. The number of rotatable bonds is 3. The zero-order valence-electron chi connectivity index (χ0n) is 9.68. The van der Waals surface area contributed by atoms with Crippen LogP contribution in [-0.4, -0.2) is 15.8 Å². The number of nitrogens with zero attached hydrogens (tertiary/aromatic N) is 2. The van der Waals surface area contributed by atoms with E-state index in [1.165, 1.54) is 4.68 Å². The Labute approximate surface area is 98.3 Å². The molecule has 0 spiro atoms. The highest BCUT2D eigenvalue weighted by molar-refractivity contribution is 5.72. The number of amides is 1. The second kappa shape index (κ2) is 4.29. The SMILES string of the molecule is Cc1c(NC=O)c(=O)n(C)n1-c1ccccc1. The topological polar surface area (TPSA) is 56.0 Å². The van der Waals surface area contributed by atoms with Crippen LogP contribution >= 0.6 is 0 Å². The van der Waals surface area contributed by atoms with Gasteiger partial charge in [-0.3, -0.25) is 14.3 Å². The number of nitrogens with one attached hydrogen (secondary N) is 1. The van der Waals surface area contributed by atoms with Gasteiger partial charge in [-0.15, -0.1) is 0 Å². The van der Waals surface area contributed by atoms with Crippen molar-refractivity contribution in [1.29, 1.82) is 0 Å². The Morgan fingerprint density at radius 2 is 1.88 bits per heavy atom. The van der Waals surface area contributed by atoms with Gasteiger partial charge < -0.3 is 5.32 Å². The van der Waals surface area contributed by atoms with Crippen molar-refractivity contribution < 1.29 is 4.79 Å². The zero-order chi connectivity index (χ0) is 12.4. The Morgan fingerprint density at radius 1 is 1.24 bits per heavy atom. The van der Waals surface area contributed by atoms with Crippen LogP contribution in [0, 0.1) is 6.92 Å². The predicted molar refractivity (Wildman–Crippen MR) is 65.4 cm³/mol. The van der Waals surface area contributed by atoms with Crippen LogP contribution in [0.5, 0.6) is 0 Å². The minimum atomic E-state index is -0.224. The maximum atomic E-state index is 11.9. The summed E-state index contributed by atoms with van der Waals surface area (Å²) in [5, 5.41) is 2.44. The molecule has 0 saturated carbocycles. The summed E-state index contributed by atoms with van der Waals surface area (Å²) < 4.78 is 3.23. The summed E-state index contributed by atoms with van der Waals surface area (Å²) in [5.74, 6) is 0. The molecule has 0 saturated heterocycles. The predicted octanol–water partition coefficient (Wildman–Crippen LogP) is 1.05. The molecule has 88 valence electrons. The Morgan fingerprint density at radius 3 is 2.47 bits per heavy atom. The van der Waals surface area contributed by atoms with Crippen molar-refractivity contribution in [2.75, 3.05) is 5.32 Å². The number of hydrogen-bond acceptors (Lipinski definition) is 2. The number of benzene rings is 1. The lowest BCUT2D eigenvalue weighted by molar-refractivity contribution is -0.105. The minimum absolute atomic E-state index is 0.224. The van der Waals surface area contributed by atoms with Crippen LogP contribution < -0.4 is 10.9 Å². The van der Waals surface area contributed by atoms with Gasteiger partial charge in [0.2, 0.25) is 6.41 Å². The van der Waals surface area contributed by atoms with Crippen LogP contribution in [0.25, 0.3) is 5.69 Å². The number of hydrogen-bond donors (Lipinski definition) is 1. The minimum Gasteiger partial charge on any atom is -0.323 e. The van der Waals surface area contributed by atoms with Crippen molar-refractivity contribution in [3.05, 3.63) is 46.4 Å². The molecule has 5 nitrogen and oxygen atoms in total. The third-order valence-electron chi connectivity index (χ3n) is 2.69. The second-order valence-electron chi connectivity index (χ2n) is 3.70. The first-order valence-electron chi connectivity index (χ1n) is 5.21. The van der Waals surface area contributed by atoms with Crippen molar-refractivity contribution in [2.45, 2.75) is 6.92 Å². The quantitative estimate of drug-likeness (QED) is 0.803. The molecule has 2 aromatic rings. The molecule has 1 aromatic heterocycles. The zero-order valence-corrected chi connectivity index (χ0v) is 9.68. The van der Waals surface area contributed by atoms with Gasteiger partial charge in [-0.2, -0.15) is 0 Å². The van der Waals surface area contributed by atoms with Gasteiger partial charge in [0.25, 0.3) is 5.56 Å². The molecule has 0 atom stereocenters. The maximum Gasteiger partial charge on any atom is 0.290 e. The molecular formula is C12H13N3O2. The van der Waals surface area contributed by atoms with Gasteiger partial charge in [0.05, 0.1) is 11.4 Å². The molecule has 0 unspecified atom stereocenters. The summed E-state index contributed by atoms with van der Waals surface area (Å²) in [6.45, 7) is 1.79. The highest BCUT2D eigenvalue weighted by Crippen LogP contribution is 2.15. The number of para-hydroxylation sites is 1. The van der Waals surface area contributed by atoms with Crippen LogP contribution in [0.15, 0.2) is 35.1 Å². The first-order chi connectivity index (χ1) is 8.16. The van der Waals surface area contributed by atoms with Crippen molar-refractivity contribution in [3.8, 4) is 5.69 Å². The van der Waals surface area contributed by atoms with Crippen molar-refractivity contribution in [1.82, 2.24) is 9.36 Å². The molecule has 0 aliphatic heterocycles. The summed E-state index contributed by atoms with van der Waals surface area (Å²) in [7, 11) is 1.66. The Balaban J connectivity index is 2.68. The van der Waals surface area contributed by atoms with Gasteiger partial charge in [0, 0.05) is 7.05 Å². The molecule has 1 heterocycles. The Bertz CT molecular complexity index is 596. The molecule has 1 amide bonds. The number of carbonyl (C=O) groups is 1. The van der Waals surface area contributed by atoms with Crippen LogP contribution in [0.4, 0.5) is 5.69 Å². The number of carbonyl (C=O) groups excluding carboxylic acids is 1. The maximum absolute atomic E-state index is 11.9. The third kappa shape index (κ3) is 1.75. The summed E-state index contributed by atoms with van der Waals surface area (Å²) in [5.41, 5.74) is 1.67. The lowest BCUT2D eigenvalue weighted by Gasteiger charge is -2.09. The standard InChI is InChI=1S/C12H13N3O2/c1-9-11(13-8-16)12(17)14(2)15(9)10-6-4-3-5-7-10/h3-8H,1-2H3,(H,13,16). The van der Waals surface area contributed by atoms with E-state index in [1.54, 1.807) is 18.7 Å². The van der Waals surface area contributed by atoms with E-state index in [2.05, 4.69) is 5.32 Å². The van der Waals surface area contributed by atoms with Crippen LogP contribution in [0.2, 0.25) is 0 Å². The molecule has 17 heavy (non-hydrogen) atoms.